The maximum atomic E-state index is 15.1. The van der Waals surface area contributed by atoms with Crippen LogP contribution in [0.1, 0.15) is 67.1 Å². The highest BCUT2D eigenvalue weighted by Gasteiger charge is 2.31. The van der Waals surface area contributed by atoms with E-state index in [0.717, 1.165) is 30.9 Å². The second kappa shape index (κ2) is 9.11. The zero-order chi connectivity index (χ0) is 25.0. The van der Waals surface area contributed by atoms with Gasteiger partial charge in [-0.3, -0.25) is 4.68 Å². The van der Waals surface area contributed by atoms with E-state index in [1.54, 1.807) is 0 Å². The lowest BCUT2D eigenvalue weighted by molar-refractivity contribution is 0.00396. The van der Waals surface area contributed by atoms with Crippen molar-refractivity contribution < 1.29 is 17.9 Å². The second-order valence-corrected chi connectivity index (χ2v) is 10.6. The molecular weight excluding hydrogens is 489 g/mol. The molecule has 1 aliphatic heterocycles. The van der Waals surface area contributed by atoms with Gasteiger partial charge < -0.3 is 9.64 Å². The van der Waals surface area contributed by atoms with Gasteiger partial charge >= 0.3 is 0 Å². The number of fused-ring (bicyclic) bond motifs is 1. The predicted molar refractivity (Wildman–Crippen MR) is 131 cm³/mol. The first kappa shape index (κ1) is 23.4. The molecule has 1 saturated heterocycles. The van der Waals surface area contributed by atoms with Gasteiger partial charge in [-0.05, 0) is 37.8 Å². The van der Waals surface area contributed by atoms with Gasteiger partial charge in [-0.1, -0.05) is 17.4 Å². The number of thiazole rings is 1. The summed E-state index contributed by atoms with van der Waals surface area (Å²) in [7, 11) is 3.74. The SMILES string of the molecule is CN(C)c1nc2nc([C@H]3CCO[C@@H](c4cnn(C5CC5)c4)C3)nc(-c3ccc(C(F)F)cc3F)c2s1. The Bertz CT molecular complexity index is 1420. The Hall–Kier alpha value is -3.05. The van der Waals surface area contributed by atoms with Crippen molar-refractivity contribution in [2.24, 2.45) is 0 Å². The van der Waals surface area contributed by atoms with Gasteiger partial charge in [0.2, 0.25) is 0 Å². The van der Waals surface area contributed by atoms with Gasteiger partial charge in [0.15, 0.2) is 10.8 Å². The van der Waals surface area contributed by atoms with Crippen LogP contribution in [0.25, 0.3) is 21.6 Å². The molecule has 3 aromatic heterocycles. The number of benzene rings is 1. The molecule has 2 fully saturated rings. The summed E-state index contributed by atoms with van der Waals surface area (Å²) in [6.45, 7) is 0.540. The molecule has 4 aromatic rings. The summed E-state index contributed by atoms with van der Waals surface area (Å²) in [5.41, 5.74) is 1.69. The second-order valence-electron chi connectivity index (χ2n) is 9.58. The number of hydrogen-bond donors (Lipinski definition) is 0. The third-order valence-electron chi connectivity index (χ3n) is 6.71. The molecule has 7 nitrogen and oxygen atoms in total. The summed E-state index contributed by atoms with van der Waals surface area (Å²) in [6, 6.07) is 3.99. The largest absolute Gasteiger partial charge is 0.373 e. The van der Waals surface area contributed by atoms with Gasteiger partial charge in [0, 0.05) is 49.5 Å². The van der Waals surface area contributed by atoms with Crippen LogP contribution >= 0.6 is 11.3 Å². The minimum atomic E-state index is -2.75. The van der Waals surface area contributed by atoms with Gasteiger partial charge in [0.25, 0.3) is 6.43 Å². The first-order valence-electron chi connectivity index (χ1n) is 12.0. The van der Waals surface area contributed by atoms with Gasteiger partial charge in [0.05, 0.1) is 24.0 Å². The molecule has 0 amide bonds. The summed E-state index contributed by atoms with van der Waals surface area (Å²) in [5, 5.41) is 5.20. The molecule has 2 atom stereocenters. The normalized spacial score (nSPS) is 20.4. The van der Waals surface area contributed by atoms with Crippen molar-refractivity contribution in [2.45, 2.75) is 50.2 Å². The van der Waals surface area contributed by atoms with E-state index in [0.29, 0.717) is 46.1 Å². The fourth-order valence-electron chi connectivity index (χ4n) is 4.57. The van der Waals surface area contributed by atoms with E-state index in [4.69, 9.17) is 14.7 Å². The molecule has 0 N–H and O–H groups in total. The van der Waals surface area contributed by atoms with E-state index in [9.17, 15) is 8.78 Å². The van der Waals surface area contributed by atoms with Crippen molar-refractivity contribution in [1.82, 2.24) is 24.7 Å². The van der Waals surface area contributed by atoms with Crippen LogP contribution in [0, 0.1) is 5.82 Å². The Morgan fingerprint density at radius 2 is 1.97 bits per heavy atom. The summed E-state index contributed by atoms with van der Waals surface area (Å²) >= 11 is 1.35. The Balaban J connectivity index is 1.39. The minimum absolute atomic E-state index is 0.0240. The van der Waals surface area contributed by atoms with Crippen LogP contribution in [0.2, 0.25) is 0 Å². The van der Waals surface area contributed by atoms with Crippen LogP contribution in [-0.2, 0) is 4.74 Å². The monoisotopic (exact) mass is 514 g/mol. The maximum absolute atomic E-state index is 15.1. The third kappa shape index (κ3) is 4.34. The number of rotatable bonds is 6. The molecule has 4 heterocycles. The molecule has 6 rings (SSSR count). The van der Waals surface area contributed by atoms with Crippen LogP contribution in [0.3, 0.4) is 0 Å². The molecular formula is C25H25F3N6OS. The van der Waals surface area contributed by atoms with Crippen LogP contribution < -0.4 is 4.90 Å². The molecule has 0 radical (unpaired) electrons. The van der Waals surface area contributed by atoms with Crippen molar-refractivity contribution in [3.63, 3.8) is 0 Å². The topological polar surface area (TPSA) is 69.0 Å². The van der Waals surface area contributed by atoms with E-state index in [2.05, 4.69) is 16.3 Å². The fraction of sp³-hybridized carbons (Fsp3) is 0.440. The molecule has 1 saturated carbocycles. The van der Waals surface area contributed by atoms with Crippen LogP contribution in [0.5, 0.6) is 0 Å². The zero-order valence-corrected chi connectivity index (χ0v) is 20.7. The number of ether oxygens (including phenoxy) is 1. The van der Waals surface area contributed by atoms with Crippen LogP contribution in [0.15, 0.2) is 30.6 Å². The molecule has 1 aromatic carbocycles. The summed E-state index contributed by atoms with van der Waals surface area (Å²) in [6.07, 6.45) is 4.74. The zero-order valence-electron chi connectivity index (χ0n) is 19.9. The first-order chi connectivity index (χ1) is 17.4. The highest BCUT2D eigenvalue weighted by atomic mass is 32.1. The third-order valence-corrected chi connectivity index (χ3v) is 7.93. The minimum Gasteiger partial charge on any atom is -0.373 e. The summed E-state index contributed by atoms with van der Waals surface area (Å²) in [4.78, 5) is 16.1. The molecule has 11 heteroatoms. The fourth-order valence-corrected chi connectivity index (χ4v) is 5.50. The molecule has 1 aliphatic carbocycles. The Labute approximate surface area is 210 Å². The molecule has 2 aliphatic rings. The Morgan fingerprint density at radius 3 is 2.69 bits per heavy atom. The average molecular weight is 515 g/mol. The number of nitrogens with zero attached hydrogens (tertiary/aromatic N) is 6. The van der Waals surface area contributed by atoms with Crippen molar-refractivity contribution >= 4 is 26.8 Å². The van der Waals surface area contributed by atoms with Crippen molar-refractivity contribution in [1.29, 1.82) is 0 Å². The van der Waals surface area contributed by atoms with Gasteiger partial charge in [-0.15, -0.1) is 0 Å². The Morgan fingerprint density at radius 1 is 1.14 bits per heavy atom. The van der Waals surface area contributed by atoms with Crippen molar-refractivity contribution in [3.05, 3.63) is 53.4 Å². The number of hydrogen-bond acceptors (Lipinski definition) is 7. The van der Waals surface area contributed by atoms with Crippen molar-refractivity contribution in [3.8, 4) is 11.3 Å². The van der Waals surface area contributed by atoms with Crippen LogP contribution in [0.4, 0.5) is 18.3 Å². The Kier molecular flexibility index (Phi) is 5.91. The van der Waals surface area contributed by atoms with E-state index in [1.807, 2.05) is 29.9 Å². The molecule has 0 spiro atoms. The van der Waals surface area contributed by atoms with E-state index < -0.39 is 12.2 Å². The van der Waals surface area contributed by atoms with Gasteiger partial charge in [-0.25, -0.2) is 23.1 Å². The molecule has 0 bridgehead atoms. The van der Waals surface area contributed by atoms with E-state index in [1.165, 1.54) is 23.5 Å². The highest BCUT2D eigenvalue weighted by molar-refractivity contribution is 7.22. The number of halogens is 3. The van der Waals surface area contributed by atoms with Crippen molar-refractivity contribution in [2.75, 3.05) is 25.6 Å². The van der Waals surface area contributed by atoms with Gasteiger partial charge in [0.1, 0.15) is 16.3 Å². The number of aromatic nitrogens is 5. The standard InChI is InChI=1S/C25H25F3N6OS/c1-33(2)25-32-24-21(36-25)20(17-6-3-13(22(27)28)9-18(17)26)30-23(31-24)14-7-8-35-19(10-14)15-11-29-34(12-15)16-4-5-16/h3,6,9,11-12,14,16,19,22H,4-5,7-8,10H2,1-2H3/t14-,19+/m0/s1. The predicted octanol–water partition coefficient (Wildman–Crippen LogP) is 6.06. The lowest BCUT2D eigenvalue weighted by Crippen LogP contribution is -2.20. The average Bonchev–Trinajstić information content (AvgIpc) is 3.42. The summed E-state index contributed by atoms with van der Waals surface area (Å²) in [5.74, 6) is -0.201. The first-order valence-corrected chi connectivity index (χ1v) is 12.8. The number of alkyl halides is 2. The molecule has 188 valence electrons. The number of anilines is 1. The van der Waals surface area contributed by atoms with E-state index in [-0.39, 0.29) is 23.1 Å². The molecule has 36 heavy (non-hydrogen) atoms. The quantitative estimate of drug-likeness (QED) is 0.311. The maximum Gasteiger partial charge on any atom is 0.263 e. The molecule has 0 unspecified atom stereocenters. The van der Waals surface area contributed by atoms with E-state index >= 15 is 4.39 Å². The lowest BCUT2D eigenvalue weighted by Gasteiger charge is -2.28. The smallest absolute Gasteiger partial charge is 0.263 e. The lowest BCUT2D eigenvalue weighted by atomic mass is 9.92. The van der Waals surface area contributed by atoms with Crippen LogP contribution in [-0.4, -0.2) is 45.4 Å². The highest BCUT2D eigenvalue weighted by Crippen LogP contribution is 2.41. The summed E-state index contributed by atoms with van der Waals surface area (Å²) < 4.78 is 50.0. The van der Waals surface area contributed by atoms with Gasteiger partial charge in [-0.2, -0.15) is 10.1 Å².